The molecule has 0 bridgehead atoms. The SMILES string of the molecule is IN1CCC2(CCNc3ccccc32)CC1. The van der Waals surface area contributed by atoms with E-state index in [4.69, 9.17) is 0 Å². The van der Waals surface area contributed by atoms with Crippen molar-refractivity contribution in [2.24, 2.45) is 0 Å². The van der Waals surface area contributed by atoms with Crippen molar-refractivity contribution < 1.29 is 0 Å². The minimum Gasteiger partial charge on any atom is -0.385 e. The monoisotopic (exact) mass is 328 g/mol. The number of piperidine rings is 1. The van der Waals surface area contributed by atoms with Crippen LogP contribution in [0.2, 0.25) is 0 Å². The van der Waals surface area contributed by atoms with Crippen LogP contribution in [0, 0.1) is 0 Å². The molecule has 1 N–H and O–H groups in total. The van der Waals surface area contributed by atoms with Gasteiger partial charge >= 0.3 is 0 Å². The van der Waals surface area contributed by atoms with E-state index in [2.05, 4.69) is 55.6 Å². The summed E-state index contributed by atoms with van der Waals surface area (Å²) in [5.74, 6) is 0. The van der Waals surface area contributed by atoms with Crippen LogP contribution in [0.3, 0.4) is 0 Å². The second kappa shape index (κ2) is 4.18. The fourth-order valence-corrected chi connectivity index (χ4v) is 3.58. The van der Waals surface area contributed by atoms with Gasteiger partial charge in [-0.2, -0.15) is 0 Å². The molecule has 3 rings (SSSR count). The first-order chi connectivity index (χ1) is 7.80. The molecule has 0 saturated carbocycles. The van der Waals surface area contributed by atoms with Gasteiger partial charge in [0.1, 0.15) is 0 Å². The van der Waals surface area contributed by atoms with Crippen LogP contribution in [0.4, 0.5) is 5.69 Å². The molecule has 0 unspecified atom stereocenters. The zero-order chi connectivity index (χ0) is 11.0. The summed E-state index contributed by atoms with van der Waals surface area (Å²) in [6.07, 6.45) is 3.93. The highest BCUT2D eigenvalue weighted by molar-refractivity contribution is 14.1. The summed E-state index contributed by atoms with van der Waals surface area (Å²) in [6, 6.07) is 8.87. The van der Waals surface area contributed by atoms with Crippen LogP contribution in [0.15, 0.2) is 24.3 Å². The van der Waals surface area contributed by atoms with Gasteiger partial charge in [-0.1, -0.05) is 18.2 Å². The summed E-state index contributed by atoms with van der Waals surface area (Å²) in [5.41, 5.74) is 3.39. The number of nitrogens with zero attached hydrogens (tertiary/aromatic N) is 1. The van der Waals surface area contributed by atoms with E-state index < -0.39 is 0 Å². The Morgan fingerprint density at radius 3 is 2.69 bits per heavy atom. The lowest BCUT2D eigenvalue weighted by Crippen LogP contribution is -2.42. The number of nitrogens with one attached hydrogen (secondary N) is 1. The average Bonchev–Trinajstić information content (AvgIpc) is 2.34. The second-order valence-corrected chi connectivity index (χ2v) is 6.28. The van der Waals surface area contributed by atoms with Gasteiger partial charge in [0.25, 0.3) is 0 Å². The molecule has 0 atom stereocenters. The average molecular weight is 328 g/mol. The Hall–Kier alpha value is -0.290. The predicted octanol–water partition coefficient (Wildman–Crippen LogP) is 3.19. The Balaban J connectivity index is 1.97. The van der Waals surface area contributed by atoms with E-state index in [1.807, 2.05) is 0 Å². The third kappa shape index (κ3) is 1.74. The molecular weight excluding hydrogens is 311 g/mol. The normalized spacial score (nSPS) is 23.8. The van der Waals surface area contributed by atoms with E-state index in [1.54, 1.807) is 5.56 Å². The number of anilines is 1. The smallest absolute Gasteiger partial charge is 0.0378 e. The maximum atomic E-state index is 3.53. The number of rotatable bonds is 0. The molecule has 0 radical (unpaired) electrons. The minimum absolute atomic E-state index is 0.462. The second-order valence-electron chi connectivity index (χ2n) is 4.91. The van der Waals surface area contributed by atoms with Gasteiger partial charge in [0, 0.05) is 53.6 Å². The number of halogens is 1. The zero-order valence-electron chi connectivity index (χ0n) is 9.38. The zero-order valence-corrected chi connectivity index (χ0v) is 11.5. The Morgan fingerprint density at radius 2 is 1.88 bits per heavy atom. The fraction of sp³-hybridized carbons (Fsp3) is 0.538. The summed E-state index contributed by atoms with van der Waals surface area (Å²) in [5, 5.41) is 3.53. The van der Waals surface area contributed by atoms with E-state index in [0.29, 0.717) is 5.41 Å². The van der Waals surface area contributed by atoms with Crippen molar-refractivity contribution in [2.45, 2.75) is 24.7 Å². The molecule has 3 heteroatoms. The summed E-state index contributed by atoms with van der Waals surface area (Å²) in [4.78, 5) is 0. The summed E-state index contributed by atoms with van der Waals surface area (Å²) in [6.45, 7) is 3.60. The van der Waals surface area contributed by atoms with Crippen LogP contribution in [-0.4, -0.2) is 22.7 Å². The van der Waals surface area contributed by atoms with Crippen molar-refractivity contribution in [1.82, 2.24) is 3.11 Å². The third-order valence-electron chi connectivity index (χ3n) is 4.08. The number of benzene rings is 1. The first kappa shape index (κ1) is 10.8. The molecule has 16 heavy (non-hydrogen) atoms. The first-order valence-corrected chi connectivity index (χ1v) is 7.01. The largest absolute Gasteiger partial charge is 0.385 e. The molecule has 0 amide bonds. The van der Waals surface area contributed by atoms with Gasteiger partial charge in [0.15, 0.2) is 0 Å². The molecule has 2 nitrogen and oxygen atoms in total. The lowest BCUT2D eigenvalue weighted by Gasteiger charge is -2.44. The van der Waals surface area contributed by atoms with Gasteiger partial charge in [-0.25, -0.2) is 3.11 Å². The van der Waals surface area contributed by atoms with Crippen molar-refractivity contribution >= 4 is 28.6 Å². The van der Waals surface area contributed by atoms with Gasteiger partial charge < -0.3 is 5.32 Å². The quantitative estimate of drug-likeness (QED) is 0.581. The molecule has 1 fully saturated rings. The van der Waals surface area contributed by atoms with Crippen LogP contribution in [0.1, 0.15) is 24.8 Å². The molecular formula is C13H17IN2. The van der Waals surface area contributed by atoms with Crippen molar-refractivity contribution in [3.8, 4) is 0 Å². The highest BCUT2D eigenvalue weighted by Crippen LogP contribution is 2.44. The van der Waals surface area contributed by atoms with Crippen molar-refractivity contribution in [2.75, 3.05) is 25.0 Å². The number of hydrogen-bond donors (Lipinski definition) is 1. The van der Waals surface area contributed by atoms with Crippen molar-refractivity contribution in [1.29, 1.82) is 0 Å². The van der Waals surface area contributed by atoms with Crippen LogP contribution in [0.25, 0.3) is 0 Å². The number of para-hydroxylation sites is 1. The highest BCUT2D eigenvalue weighted by atomic mass is 127. The third-order valence-corrected chi connectivity index (χ3v) is 5.05. The molecule has 1 aromatic carbocycles. The maximum Gasteiger partial charge on any atom is 0.0378 e. The van der Waals surface area contributed by atoms with Crippen LogP contribution in [-0.2, 0) is 5.41 Å². The topological polar surface area (TPSA) is 15.3 Å². The van der Waals surface area contributed by atoms with Gasteiger partial charge in [-0.3, -0.25) is 0 Å². The summed E-state index contributed by atoms with van der Waals surface area (Å²) in [7, 11) is 0. The van der Waals surface area contributed by atoms with E-state index in [9.17, 15) is 0 Å². The van der Waals surface area contributed by atoms with Crippen LogP contribution >= 0.6 is 22.9 Å². The molecule has 1 spiro atoms. The predicted molar refractivity (Wildman–Crippen MR) is 76.1 cm³/mol. The van der Waals surface area contributed by atoms with E-state index >= 15 is 0 Å². The molecule has 2 heterocycles. The molecule has 1 saturated heterocycles. The molecule has 0 aliphatic carbocycles. The Labute approximate surface area is 111 Å². The molecule has 86 valence electrons. The van der Waals surface area contributed by atoms with Gasteiger partial charge in [-0.05, 0) is 30.9 Å². The van der Waals surface area contributed by atoms with Gasteiger partial charge in [-0.15, -0.1) is 0 Å². The first-order valence-electron chi connectivity index (χ1n) is 6.04. The Morgan fingerprint density at radius 1 is 1.12 bits per heavy atom. The summed E-state index contributed by atoms with van der Waals surface area (Å²) < 4.78 is 2.42. The maximum absolute atomic E-state index is 3.53. The molecule has 2 aliphatic heterocycles. The van der Waals surface area contributed by atoms with Crippen molar-refractivity contribution in [3.05, 3.63) is 29.8 Å². The molecule has 0 aromatic heterocycles. The van der Waals surface area contributed by atoms with Crippen molar-refractivity contribution in [3.63, 3.8) is 0 Å². The summed E-state index contributed by atoms with van der Waals surface area (Å²) >= 11 is 2.45. The Kier molecular flexibility index (Phi) is 2.83. The van der Waals surface area contributed by atoms with Crippen LogP contribution in [0.5, 0.6) is 0 Å². The lowest BCUT2D eigenvalue weighted by molar-refractivity contribution is 0.244. The van der Waals surface area contributed by atoms with Crippen LogP contribution < -0.4 is 5.32 Å². The fourth-order valence-electron chi connectivity index (χ4n) is 3.10. The molecule has 2 aliphatic rings. The lowest BCUT2D eigenvalue weighted by atomic mass is 9.69. The Bertz CT molecular complexity index is 383. The van der Waals surface area contributed by atoms with E-state index in [1.165, 1.54) is 38.0 Å². The minimum atomic E-state index is 0.462. The molecule has 1 aromatic rings. The van der Waals surface area contributed by atoms with Gasteiger partial charge in [0.2, 0.25) is 0 Å². The van der Waals surface area contributed by atoms with E-state index in [0.717, 1.165) is 6.54 Å². The van der Waals surface area contributed by atoms with E-state index in [-0.39, 0.29) is 0 Å². The van der Waals surface area contributed by atoms with Gasteiger partial charge in [0.05, 0.1) is 0 Å². The highest BCUT2D eigenvalue weighted by Gasteiger charge is 2.38. The number of hydrogen-bond acceptors (Lipinski definition) is 2. The number of fused-ring (bicyclic) bond motifs is 2. The standard InChI is InChI=1S/C13H17IN2/c14-16-9-6-13(7-10-16)5-8-15-12-4-2-1-3-11(12)13/h1-4,15H,5-10H2.